The molecule has 1 aromatic rings. The van der Waals surface area contributed by atoms with Crippen LogP contribution < -0.4 is 5.84 Å². The maximum atomic E-state index is 4.81. The van der Waals surface area contributed by atoms with Crippen molar-refractivity contribution >= 4 is 21.7 Å². The van der Waals surface area contributed by atoms with E-state index in [0.29, 0.717) is 5.82 Å². The molecule has 10 heavy (non-hydrogen) atoms. The van der Waals surface area contributed by atoms with Crippen molar-refractivity contribution in [2.24, 2.45) is 16.2 Å². The van der Waals surface area contributed by atoms with Crippen LogP contribution in [0.3, 0.4) is 0 Å². The highest BCUT2D eigenvalue weighted by atomic mass is 79.9. The highest BCUT2D eigenvalue weighted by Gasteiger charge is 1.88. The average molecular weight is 201 g/mol. The molecule has 52 valence electrons. The van der Waals surface area contributed by atoms with Gasteiger partial charge in [0.05, 0.1) is 0 Å². The van der Waals surface area contributed by atoms with Gasteiger partial charge < -0.3 is 5.84 Å². The molecule has 0 amide bonds. The lowest BCUT2D eigenvalue weighted by atomic mass is 10.5. The van der Waals surface area contributed by atoms with E-state index in [0.717, 1.165) is 4.47 Å². The minimum absolute atomic E-state index is 0.505. The molecule has 0 radical (unpaired) electrons. The van der Waals surface area contributed by atoms with Crippen molar-refractivity contribution in [3.05, 3.63) is 22.8 Å². The summed E-state index contributed by atoms with van der Waals surface area (Å²) in [5.74, 6) is 5.31. The average Bonchev–Trinajstić information content (AvgIpc) is 1.95. The van der Waals surface area contributed by atoms with Gasteiger partial charge in [-0.1, -0.05) is 5.22 Å². The molecule has 0 saturated heterocycles. The van der Waals surface area contributed by atoms with Gasteiger partial charge in [0.1, 0.15) is 0 Å². The Morgan fingerprint density at radius 3 is 2.80 bits per heavy atom. The van der Waals surface area contributed by atoms with E-state index in [4.69, 9.17) is 5.84 Å². The van der Waals surface area contributed by atoms with Crippen LogP contribution in [0, 0.1) is 0 Å². The first-order valence-corrected chi connectivity index (χ1v) is 3.34. The fourth-order valence-corrected chi connectivity index (χ4v) is 0.721. The van der Waals surface area contributed by atoms with E-state index in [1.54, 1.807) is 12.3 Å². The Morgan fingerprint density at radius 2 is 2.30 bits per heavy atom. The Bertz CT molecular complexity index is 230. The molecular formula is C5H5BrN4. The third-order valence-electron chi connectivity index (χ3n) is 0.872. The van der Waals surface area contributed by atoms with E-state index >= 15 is 0 Å². The van der Waals surface area contributed by atoms with Gasteiger partial charge in [-0.25, -0.2) is 4.98 Å². The van der Waals surface area contributed by atoms with Crippen molar-refractivity contribution in [2.75, 3.05) is 0 Å². The number of nitrogens with two attached hydrogens (primary N) is 1. The zero-order valence-corrected chi connectivity index (χ0v) is 6.62. The third kappa shape index (κ3) is 1.77. The number of rotatable bonds is 1. The number of pyridine rings is 1. The van der Waals surface area contributed by atoms with E-state index in [1.165, 1.54) is 0 Å². The summed E-state index contributed by atoms with van der Waals surface area (Å²) in [4.78, 5) is 3.88. The predicted octanol–water partition coefficient (Wildman–Crippen LogP) is 1.80. The molecule has 5 heteroatoms. The van der Waals surface area contributed by atoms with Crippen LogP contribution in [-0.4, -0.2) is 4.98 Å². The number of hydrogen-bond acceptors (Lipinski definition) is 3. The van der Waals surface area contributed by atoms with Crippen LogP contribution in [0.5, 0.6) is 0 Å². The zero-order chi connectivity index (χ0) is 7.40. The highest BCUT2D eigenvalue weighted by molar-refractivity contribution is 9.10. The summed E-state index contributed by atoms with van der Waals surface area (Å²) >= 11 is 3.23. The summed E-state index contributed by atoms with van der Waals surface area (Å²) in [5.41, 5.74) is 0. The first-order chi connectivity index (χ1) is 4.83. The molecule has 1 heterocycles. The molecule has 0 atom stereocenters. The Hall–Kier alpha value is -0.970. The van der Waals surface area contributed by atoms with E-state index in [2.05, 4.69) is 31.3 Å². The third-order valence-corrected chi connectivity index (χ3v) is 1.34. The minimum atomic E-state index is 0.505. The van der Waals surface area contributed by atoms with Crippen molar-refractivity contribution < 1.29 is 0 Å². The van der Waals surface area contributed by atoms with Crippen molar-refractivity contribution in [1.82, 2.24) is 4.98 Å². The van der Waals surface area contributed by atoms with Gasteiger partial charge in [0.15, 0.2) is 5.82 Å². The molecule has 1 rings (SSSR count). The topological polar surface area (TPSA) is 63.6 Å². The number of nitrogens with zero attached hydrogens (tertiary/aromatic N) is 3. The van der Waals surface area contributed by atoms with Crippen LogP contribution in [0.2, 0.25) is 0 Å². The fourth-order valence-electron chi connectivity index (χ4n) is 0.486. The molecule has 0 saturated carbocycles. The van der Waals surface area contributed by atoms with Crippen LogP contribution in [0.25, 0.3) is 0 Å². The molecule has 0 aromatic carbocycles. The van der Waals surface area contributed by atoms with E-state index in [1.807, 2.05) is 6.07 Å². The smallest absolute Gasteiger partial charge is 0.176 e. The lowest BCUT2D eigenvalue weighted by molar-refractivity contribution is 1.03. The molecule has 0 aliphatic carbocycles. The summed E-state index contributed by atoms with van der Waals surface area (Å²) < 4.78 is 0.906. The molecule has 0 fully saturated rings. The van der Waals surface area contributed by atoms with Gasteiger partial charge in [0, 0.05) is 10.7 Å². The van der Waals surface area contributed by atoms with E-state index < -0.39 is 0 Å². The highest BCUT2D eigenvalue weighted by Crippen LogP contribution is 2.12. The van der Waals surface area contributed by atoms with Crippen molar-refractivity contribution in [3.8, 4) is 0 Å². The molecule has 1 aromatic heterocycles. The largest absolute Gasteiger partial charge is 0.305 e. The molecule has 0 unspecified atom stereocenters. The van der Waals surface area contributed by atoms with Crippen LogP contribution in [0.1, 0.15) is 0 Å². The summed E-state index contributed by atoms with van der Waals surface area (Å²) in [7, 11) is 0. The fraction of sp³-hybridized carbons (Fsp3) is 0. The summed E-state index contributed by atoms with van der Waals surface area (Å²) in [6, 6.07) is 3.53. The predicted molar refractivity (Wildman–Crippen MR) is 40.6 cm³/mol. The maximum absolute atomic E-state index is 4.81. The molecule has 0 aliphatic heterocycles. The van der Waals surface area contributed by atoms with Crippen LogP contribution in [0.4, 0.5) is 5.82 Å². The van der Waals surface area contributed by atoms with Gasteiger partial charge in [0.2, 0.25) is 0 Å². The molecule has 2 N–H and O–H groups in total. The van der Waals surface area contributed by atoms with E-state index in [9.17, 15) is 0 Å². The molecule has 0 spiro atoms. The van der Waals surface area contributed by atoms with Gasteiger partial charge in [-0.05, 0) is 28.1 Å². The Balaban J connectivity index is 2.89. The summed E-state index contributed by atoms with van der Waals surface area (Å²) in [6.45, 7) is 0. The summed E-state index contributed by atoms with van der Waals surface area (Å²) in [6.07, 6.45) is 1.63. The molecule has 0 aliphatic rings. The number of aromatic nitrogens is 1. The van der Waals surface area contributed by atoms with Gasteiger partial charge >= 0.3 is 0 Å². The van der Waals surface area contributed by atoms with Crippen LogP contribution in [-0.2, 0) is 0 Å². The van der Waals surface area contributed by atoms with Gasteiger partial charge in [-0.3, -0.25) is 0 Å². The van der Waals surface area contributed by atoms with Gasteiger partial charge in [-0.15, -0.1) is 5.11 Å². The monoisotopic (exact) mass is 200 g/mol. The normalized spacial score (nSPS) is 10.5. The maximum Gasteiger partial charge on any atom is 0.176 e. The molecule has 0 bridgehead atoms. The lowest BCUT2D eigenvalue weighted by Gasteiger charge is -1.88. The Labute approximate surface area is 66.3 Å². The van der Waals surface area contributed by atoms with Crippen molar-refractivity contribution in [3.63, 3.8) is 0 Å². The van der Waals surface area contributed by atoms with Crippen LogP contribution in [0.15, 0.2) is 33.1 Å². The first kappa shape index (κ1) is 7.14. The zero-order valence-electron chi connectivity index (χ0n) is 5.03. The van der Waals surface area contributed by atoms with Gasteiger partial charge in [-0.2, -0.15) is 0 Å². The lowest BCUT2D eigenvalue weighted by Crippen LogP contribution is -1.76. The second-order valence-electron chi connectivity index (χ2n) is 1.55. The second kappa shape index (κ2) is 3.26. The van der Waals surface area contributed by atoms with Crippen molar-refractivity contribution in [1.29, 1.82) is 0 Å². The standard InChI is InChI=1S/C5H5BrN4/c6-4-1-2-5(8-3-4)9-10-7/h1-3H,(H2,7,8,9). The minimum Gasteiger partial charge on any atom is -0.305 e. The molecular weight excluding hydrogens is 196 g/mol. The number of hydrogen-bond donors (Lipinski definition) is 1. The Kier molecular flexibility index (Phi) is 2.33. The SMILES string of the molecule is NN=Nc1ccc(Br)cn1. The van der Waals surface area contributed by atoms with Crippen molar-refractivity contribution in [2.45, 2.75) is 0 Å². The summed E-state index contributed by atoms with van der Waals surface area (Å²) in [5, 5.41) is 6.60. The quantitative estimate of drug-likeness (QED) is 0.427. The number of halogens is 1. The first-order valence-electron chi connectivity index (χ1n) is 2.55. The second-order valence-corrected chi connectivity index (χ2v) is 2.47. The van der Waals surface area contributed by atoms with Gasteiger partial charge in [0.25, 0.3) is 0 Å². The van der Waals surface area contributed by atoms with Crippen LogP contribution >= 0.6 is 15.9 Å². The Morgan fingerprint density at radius 1 is 1.50 bits per heavy atom. The molecule has 4 nitrogen and oxygen atoms in total. The van der Waals surface area contributed by atoms with E-state index in [-0.39, 0.29) is 0 Å².